The Hall–Kier alpha value is -2.86. The zero-order valence-corrected chi connectivity index (χ0v) is 19.2. The van der Waals surface area contributed by atoms with Crippen LogP contribution in [0.5, 0.6) is 0 Å². The van der Waals surface area contributed by atoms with Gasteiger partial charge in [-0.25, -0.2) is 0 Å². The van der Waals surface area contributed by atoms with Crippen LogP contribution in [0.25, 0.3) is 0 Å². The predicted molar refractivity (Wildman–Crippen MR) is 128 cm³/mol. The lowest BCUT2D eigenvalue weighted by Gasteiger charge is -2.38. The van der Waals surface area contributed by atoms with Gasteiger partial charge < -0.3 is 15.1 Å². The second-order valence-electron chi connectivity index (χ2n) is 9.04. The van der Waals surface area contributed by atoms with Crippen LogP contribution in [-0.2, 0) is 0 Å². The Balaban J connectivity index is 1.36. The number of piperazine rings is 1. The third-order valence-electron chi connectivity index (χ3n) is 6.67. The SMILES string of the molecule is CC(C)N1CCN(C(=O)c2ccccc2N2CCC(NC(=O)c3ccccc3)CC2)CC1. The van der Waals surface area contributed by atoms with Crippen molar-refractivity contribution >= 4 is 17.5 Å². The average molecular weight is 435 g/mol. The summed E-state index contributed by atoms with van der Waals surface area (Å²) in [6, 6.07) is 18.0. The second-order valence-corrected chi connectivity index (χ2v) is 9.04. The van der Waals surface area contributed by atoms with E-state index in [0.717, 1.165) is 63.4 Å². The quantitative estimate of drug-likeness (QED) is 0.785. The van der Waals surface area contributed by atoms with Crippen molar-refractivity contribution < 1.29 is 9.59 Å². The Morgan fingerprint density at radius 2 is 1.47 bits per heavy atom. The normalized spacial score (nSPS) is 18.1. The van der Waals surface area contributed by atoms with Gasteiger partial charge in [-0.15, -0.1) is 0 Å². The van der Waals surface area contributed by atoms with E-state index < -0.39 is 0 Å². The first-order chi connectivity index (χ1) is 15.5. The molecule has 32 heavy (non-hydrogen) atoms. The first-order valence-corrected chi connectivity index (χ1v) is 11.8. The first-order valence-electron chi connectivity index (χ1n) is 11.8. The van der Waals surface area contributed by atoms with E-state index in [1.54, 1.807) is 0 Å². The first kappa shape index (κ1) is 22.3. The third-order valence-corrected chi connectivity index (χ3v) is 6.67. The van der Waals surface area contributed by atoms with E-state index in [1.807, 2.05) is 53.4 Å². The second kappa shape index (κ2) is 10.2. The van der Waals surface area contributed by atoms with Crippen molar-refractivity contribution in [2.24, 2.45) is 0 Å². The van der Waals surface area contributed by atoms with Crippen molar-refractivity contribution in [3.63, 3.8) is 0 Å². The lowest BCUT2D eigenvalue weighted by Crippen LogP contribution is -2.51. The Bertz CT molecular complexity index is 914. The predicted octanol–water partition coefficient (Wildman–Crippen LogP) is 3.25. The number of benzene rings is 2. The van der Waals surface area contributed by atoms with Crippen LogP contribution in [-0.4, -0.2) is 73.0 Å². The number of hydrogen-bond acceptors (Lipinski definition) is 4. The number of hydrogen-bond donors (Lipinski definition) is 1. The molecule has 6 nitrogen and oxygen atoms in total. The molecule has 2 aliphatic heterocycles. The highest BCUT2D eigenvalue weighted by Gasteiger charge is 2.28. The highest BCUT2D eigenvalue weighted by molar-refractivity contribution is 6.00. The fourth-order valence-electron chi connectivity index (χ4n) is 4.66. The third kappa shape index (κ3) is 5.13. The van der Waals surface area contributed by atoms with Gasteiger partial charge in [0.15, 0.2) is 0 Å². The molecule has 0 aromatic heterocycles. The average Bonchev–Trinajstić information content (AvgIpc) is 2.84. The molecule has 2 aliphatic rings. The number of nitrogens with zero attached hydrogens (tertiary/aromatic N) is 3. The molecule has 0 aliphatic carbocycles. The van der Waals surface area contributed by atoms with E-state index >= 15 is 0 Å². The molecule has 0 radical (unpaired) electrons. The van der Waals surface area contributed by atoms with Gasteiger partial charge in [0.2, 0.25) is 0 Å². The summed E-state index contributed by atoms with van der Waals surface area (Å²) < 4.78 is 0. The van der Waals surface area contributed by atoms with Gasteiger partial charge >= 0.3 is 0 Å². The minimum atomic E-state index is -0.0137. The van der Waals surface area contributed by atoms with Crippen LogP contribution in [0.15, 0.2) is 54.6 Å². The lowest BCUT2D eigenvalue weighted by molar-refractivity contribution is 0.0596. The monoisotopic (exact) mass is 434 g/mol. The van der Waals surface area contributed by atoms with E-state index in [1.165, 1.54) is 0 Å². The summed E-state index contributed by atoms with van der Waals surface area (Å²) >= 11 is 0. The fourth-order valence-corrected chi connectivity index (χ4v) is 4.66. The molecule has 2 aromatic carbocycles. The summed E-state index contributed by atoms with van der Waals surface area (Å²) in [5, 5.41) is 3.16. The van der Waals surface area contributed by atoms with E-state index in [0.29, 0.717) is 11.6 Å². The molecule has 0 atom stereocenters. The number of nitrogens with one attached hydrogen (secondary N) is 1. The van der Waals surface area contributed by atoms with Gasteiger partial charge in [-0.1, -0.05) is 30.3 Å². The van der Waals surface area contributed by atoms with Gasteiger partial charge in [-0.05, 0) is 51.0 Å². The number of anilines is 1. The zero-order valence-electron chi connectivity index (χ0n) is 19.2. The van der Waals surface area contributed by atoms with Crippen molar-refractivity contribution in [1.82, 2.24) is 15.1 Å². The maximum absolute atomic E-state index is 13.3. The molecule has 1 N–H and O–H groups in total. The summed E-state index contributed by atoms with van der Waals surface area (Å²) in [5.41, 5.74) is 2.50. The van der Waals surface area contributed by atoms with Crippen LogP contribution in [0.2, 0.25) is 0 Å². The molecule has 0 saturated carbocycles. The maximum Gasteiger partial charge on any atom is 0.256 e. The van der Waals surface area contributed by atoms with Crippen LogP contribution in [0, 0.1) is 0 Å². The molecule has 2 fully saturated rings. The molecule has 0 bridgehead atoms. The summed E-state index contributed by atoms with van der Waals surface area (Å²) in [6.45, 7) is 9.47. The van der Waals surface area contributed by atoms with E-state index in [4.69, 9.17) is 0 Å². The van der Waals surface area contributed by atoms with Gasteiger partial charge in [0.1, 0.15) is 0 Å². The van der Waals surface area contributed by atoms with Crippen molar-refractivity contribution in [2.45, 2.75) is 38.8 Å². The van der Waals surface area contributed by atoms with E-state index in [2.05, 4.69) is 35.0 Å². The van der Waals surface area contributed by atoms with Gasteiger partial charge in [0.05, 0.1) is 5.56 Å². The highest BCUT2D eigenvalue weighted by atomic mass is 16.2. The van der Waals surface area contributed by atoms with Crippen LogP contribution in [0.4, 0.5) is 5.69 Å². The van der Waals surface area contributed by atoms with Crippen LogP contribution < -0.4 is 10.2 Å². The highest BCUT2D eigenvalue weighted by Crippen LogP contribution is 2.26. The number of carbonyl (C=O) groups excluding carboxylic acids is 2. The summed E-state index contributed by atoms with van der Waals surface area (Å²) in [4.78, 5) is 32.5. The molecular formula is C26H34N4O2. The van der Waals surface area contributed by atoms with Crippen molar-refractivity contribution in [3.8, 4) is 0 Å². The summed E-state index contributed by atoms with van der Waals surface area (Å²) in [7, 11) is 0. The Labute approximate surface area is 191 Å². The molecular weight excluding hydrogens is 400 g/mol. The summed E-state index contributed by atoms with van der Waals surface area (Å²) in [6.07, 6.45) is 1.74. The van der Waals surface area contributed by atoms with E-state index in [-0.39, 0.29) is 17.9 Å². The number of carbonyl (C=O) groups is 2. The van der Waals surface area contributed by atoms with Crippen molar-refractivity contribution in [2.75, 3.05) is 44.2 Å². The zero-order chi connectivity index (χ0) is 22.5. The van der Waals surface area contributed by atoms with Crippen LogP contribution >= 0.6 is 0 Å². The number of rotatable bonds is 5. The molecule has 2 heterocycles. The Morgan fingerprint density at radius 3 is 2.12 bits per heavy atom. The number of para-hydroxylation sites is 1. The molecule has 0 spiro atoms. The minimum absolute atomic E-state index is 0.0137. The number of piperidine rings is 1. The molecule has 2 saturated heterocycles. The minimum Gasteiger partial charge on any atom is -0.371 e. The van der Waals surface area contributed by atoms with Crippen molar-refractivity contribution in [3.05, 3.63) is 65.7 Å². The summed E-state index contributed by atoms with van der Waals surface area (Å²) in [5.74, 6) is 0.115. The molecule has 6 heteroatoms. The van der Waals surface area contributed by atoms with Gasteiger partial charge in [-0.2, -0.15) is 0 Å². The van der Waals surface area contributed by atoms with Crippen LogP contribution in [0.1, 0.15) is 47.4 Å². The topological polar surface area (TPSA) is 55.9 Å². The maximum atomic E-state index is 13.3. The molecule has 4 rings (SSSR count). The largest absolute Gasteiger partial charge is 0.371 e. The van der Waals surface area contributed by atoms with E-state index in [9.17, 15) is 9.59 Å². The lowest BCUT2D eigenvalue weighted by atomic mass is 10.0. The fraction of sp³-hybridized carbons (Fsp3) is 0.462. The number of amides is 2. The van der Waals surface area contributed by atoms with Crippen LogP contribution in [0.3, 0.4) is 0 Å². The van der Waals surface area contributed by atoms with Gasteiger partial charge in [0, 0.05) is 62.6 Å². The smallest absolute Gasteiger partial charge is 0.256 e. The molecule has 0 unspecified atom stereocenters. The molecule has 2 aromatic rings. The standard InChI is InChI=1S/C26H34N4O2/c1-20(2)28-16-18-30(19-17-28)26(32)23-10-6-7-11-24(23)29-14-12-22(13-15-29)27-25(31)21-8-4-3-5-9-21/h3-11,20,22H,12-19H2,1-2H3,(H,27,31). The molecule has 2 amide bonds. The van der Waals surface area contributed by atoms with Crippen molar-refractivity contribution in [1.29, 1.82) is 0 Å². The Morgan fingerprint density at radius 1 is 0.844 bits per heavy atom. The molecule has 170 valence electrons. The van der Waals surface area contributed by atoms with Gasteiger partial charge in [-0.3, -0.25) is 14.5 Å². The Kier molecular flexibility index (Phi) is 7.10. The van der Waals surface area contributed by atoms with Gasteiger partial charge in [0.25, 0.3) is 11.8 Å².